The lowest BCUT2D eigenvalue weighted by atomic mass is 10.2. The molecule has 0 fully saturated rings. The van der Waals surface area contributed by atoms with Gasteiger partial charge in [-0.2, -0.15) is 0 Å². The van der Waals surface area contributed by atoms with Crippen LogP contribution in [0.2, 0.25) is 0 Å². The van der Waals surface area contributed by atoms with Gasteiger partial charge in [0.1, 0.15) is 0 Å². The fourth-order valence-corrected chi connectivity index (χ4v) is 1.35. The van der Waals surface area contributed by atoms with Crippen LogP contribution in [-0.2, 0) is 4.74 Å². The van der Waals surface area contributed by atoms with Gasteiger partial charge in [0.05, 0.1) is 18.8 Å². The SMILES string of the molecule is CC(C)OCC(O)CNc1ccc(C(N)=O)cc1. The average molecular weight is 252 g/mol. The number of hydrogen-bond donors (Lipinski definition) is 3. The average Bonchev–Trinajstić information content (AvgIpc) is 2.34. The maximum atomic E-state index is 10.9. The highest BCUT2D eigenvalue weighted by atomic mass is 16.5. The largest absolute Gasteiger partial charge is 0.389 e. The van der Waals surface area contributed by atoms with Crippen LogP contribution in [0.4, 0.5) is 5.69 Å². The number of amides is 1. The predicted octanol–water partition coefficient (Wildman–Crippen LogP) is 0.983. The minimum atomic E-state index is -0.566. The van der Waals surface area contributed by atoms with E-state index in [9.17, 15) is 9.90 Å². The van der Waals surface area contributed by atoms with E-state index < -0.39 is 12.0 Å². The van der Waals surface area contributed by atoms with E-state index in [-0.39, 0.29) is 6.10 Å². The lowest BCUT2D eigenvalue weighted by molar-refractivity contribution is 0.0112. The van der Waals surface area contributed by atoms with Gasteiger partial charge in [-0.25, -0.2) is 0 Å². The molecule has 0 bridgehead atoms. The number of primary amides is 1. The molecule has 18 heavy (non-hydrogen) atoms. The van der Waals surface area contributed by atoms with Crippen LogP contribution in [-0.4, -0.2) is 36.4 Å². The quantitative estimate of drug-likeness (QED) is 0.675. The topological polar surface area (TPSA) is 84.6 Å². The lowest BCUT2D eigenvalue weighted by Gasteiger charge is -2.15. The molecule has 5 heteroatoms. The summed E-state index contributed by atoms with van der Waals surface area (Å²) in [5, 5.41) is 12.7. The molecule has 1 atom stereocenters. The second-order valence-corrected chi connectivity index (χ2v) is 4.36. The Bertz CT molecular complexity index is 376. The Morgan fingerprint density at radius 2 is 2.00 bits per heavy atom. The minimum absolute atomic E-state index is 0.106. The number of ether oxygens (including phenoxy) is 1. The number of rotatable bonds is 7. The van der Waals surface area contributed by atoms with Crippen molar-refractivity contribution in [3.63, 3.8) is 0 Å². The first-order chi connectivity index (χ1) is 8.49. The minimum Gasteiger partial charge on any atom is -0.389 e. The fourth-order valence-electron chi connectivity index (χ4n) is 1.35. The van der Waals surface area contributed by atoms with Gasteiger partial charge in [-0.15, -0.1) is 0 Å². The van der Waals surface area contributed by atoms with Crippen molar-refractivity contribution in [2.45, 2.75) is 26.1 Å². The van der Waals surface area contributed by atoms with Crippen LogP contribution in [0, 0.1) is 0 Å². The maximum absolute atomic E-state index is 10.9. The summed E-state index contributed by atoms with van der Waals surface area (Å²) in [4.78, 5) is 10.9. The first-order valence-corrected chi connectivity index (χ1v) is 5.92. The smallest absolute Gasteiger partial charge is 0.248 e. The lowest BCUT2D eigenvalue weighted by Crippen LogP contribution is -2.26. The fraction of sp³-hybridized carbons (Fsp3) is 0.462. The van der Waals surface area contributed by atoms with E-state index in [4.69, 9.17) is 10.5 Å². The summed E-state index contributed by atoms with van der Waals surface area (Å²) in [6, 6.07) is 6.77. The van der Waals surface area contributed by atoms with Gasteiger partial charge in [0, 0.05) is 17.8 Å². The summed E-state index contributed by atoms with van der Waals surface area (Å²) in [6.07, 6.45) is -0.460. The molecule has 0 heterocycles. The molecular weight excluding hydrogens is 232 g/mol. The van der Waals surface area contributed by atoms with Gasteiger partial charge in [0.2, 0.25) is 5.91 Å². The third-order valence-electron chi connectivity index (χ3n) is 2.33. The van der Waals surface area contributed by atoms with Crippen LogP contribution in [0.3, 0.4) is 0 Å². The summed E-state index contributed by atoms with van der Waals surface area (Å²) in [5.74, 6) is -0.452. The van der Waals surface area contributed by atoms with Crippen molar-refractivity contribution in [2.24, 2.45) is 5.73 Å². The van der Waals surface area contributed by atoms with Crippen molar-refractivity contribution < 1.29 is 14.6 Å². The summed E-state index contributed by atoms with van der Waals surface area (Å²) in [6.45, 7) is 4.53. The molecular formula is C13H20N2O3. The Morgan fingerprint density at radius 1 is 1.39 bits per heavy atom. The molecule has 0 saturated heterocycles. The van der Waals surface area contributed by atoms with Crippen LogP contribution in [0.25, 0.3) is 0 Å². The maximum Gasteiger partial charge on any atom is 0.248 e. The second-order valence-electron chi connectivity index (χ2n) is 4.36. The van der Waals surface area contributed by atoms with Crippen LogP contribution < -0.4 is 11.1 Å². The van der Waals surface area contributed by atoms with E-state index >= 15 is 0 Å². The van der Waals surface area contributed by atoms with Crippen LogP contribution in [0.5, 0.6) is 0 Å². The van der Waals surface area contributed by atoms with Crippen molar-refractivity contribution in [3.05, 3.63) is 29.8 Å². The molecule has 0 aliphatic rings. The molecule has 5 nitrogen and oxygen atoms in total. The molecule has 0 spiro atoms. The molecule has 0 aliphatic carbocycles. The number of aliphatic hydroxyl groups is 1. The molecule has 0 saturated carbocycles. The van der Waals surface area contributed by atoms with Gasteiger partial charge in [-0.1, -0.05) is 0 Å². The van der Waals surface area contributed by atoms with Crippen LogP contribution >= 0.6 is 0 Å². The monoisotopic (exact) mass is 252 g/mol. The Labute approximate surface area is 107 Å². The molecule has 0 radical (unpaired) electrons. The van der Waals surface area contributed by atoms with Gasteiger partial charge in [0.25, 0.3) is 0 Å². The van der Waals surface area contributed by atoms with Crippen LogP contribution in [0.15, 0.2) is 24.3 Å². The van der Waals surface area contributed by atoms with E-state index in [2.05, 4.69) is 5.32 Å². The molecule has 1 unspecified atom stereocenters. The Hall–Kier alpha value is -1.59. The second kappa shape index (κ2) is 6.98. The molecule has 4 N–H and O–H groups in total. The molecule has 0 aromatic heterocycles. The molecule has 100 valence electrons. The van der Waals surface area contributed by atoms with Crippen molar-refractivity contribution in [2.75, 3.05) is 18.5 Å². The zero-order valence-corrected chi connectivity index (χ0v) is 10.7. The van der Waals surface area contributed by atoms with Gasteiger partial charge in [-0.3, -0.25) is 4.79 Å². The molecule has 1 aromatic rings. The Balaban J connectivity index is 2.36. The van der Waals surface area contributed by atoms with Gasteiger partial charge >= 0.3 is 0 Å². The van der Waals surface area contributed by atoms with Crippen molar-refractivity contribution in [3.8, 4) is 0 Å². The third-order valence-corrected chi connectivity index (χ3v) is 2.33. The number of aliphatic hydroxyl groups excluding tert-OH is 1. The highest BCUT2D eigenvalue weighted by Crippen LogP contribution is 2.09. The summed E-state index contributed by atoms with van der Waals surface area (Å²) in [5.41, 5.74) is 6.42. The number of carbonyl (C=O) groups is 1. The Morgan fingerprint density at radius 3 is 2.50 bits per heavy atom. The normalized spacial score (nSPS) is 12.4. The predicted molar refractivity (Wildman–Crippen MR) is 70.5 cm³/mol. The van der Waals surface area contributed by atoms with E-state index in [1.54, 1.807) is 24.3 Å². The molecule has 1 rings (SSSR count). The van der Waals surface area contributed by atoms with Crippen molar-refractivity contribution >= 4 is 11.6 Å². The summed E-state index contributed by atoms with van der Waals surface area (Å²) in [7, 11) is 0. The van der Waals surface area contributed by atoms with Gasteiger partial charge < -0.3 is 20.9 Å². The molecule has 0 aliphatic heterocycles. The molecule has 1 aromatic carbocycles. The molecule has 1 amide bonds. The number of hydrogen-bond acceptors (Lipinski definition) is 4. The highest BCUT2D eigenvalue weighted by molar-refractivity contribution is 5.93. The van der Waals surface area contributed by atoms with E-state index in [0.717, 1.165) is 5.69 Å². The zero-order chi connectivity index (χ0) is 13.5. The number of benzene rings is 1. The standard InChI is InChI=1S/C13H20N2O3/c1-9(2)18-8-12(16)7-15-11-5-3-10(4-6-11)13(14)17/h3-6,9,12,15-16H,7-8H2,1-2H3,(H2,14,17). The third kappa shape index (κ3) is 5.16. The highest BCUT2D eigenvalue weighted by Gasteiger charge is 2.06. The first-order valence-electron chi connectivity index (χ1n) is 5.92. The van der Waals surface area contributed by atoms with E-state index in [1.165, 1.54) is 0 Å². The summed E-state index contributed by atoms with van der Waals surface area (Å²) >= 11 is 0. The van der Waals surface area contributed by atoms with Crippen LogP contribution in [0.1, 0.15) is 24.2 Å². The number of carbonyl (C=O) groups excluding carboxylic acids is 1. The van der Waals surface area contributed by atoms with E-state index in [0.29, 0.717) is 18.7 Å². The summed E-state index contributed by atoms with van der Waals surface area (Å²) < 4.78 is 5.29. The number of nitrogens with one attached hydrogen (secondary N) is 1. The zero-order valence-electron chi connectivity index (χ0n) is 10.7. The van der Waals surface area contributed by atoms with Gasteiger partial charge in [-0.05, 0) is 38.1 Å². The first kappa shape index (κ1) is 14.5. The number of anilines is 1. The van der Waals surface area contributed by atoms with Crippen molar-refractivity contribution in [1.29, 1.82) is 0 Å². The Kier molecular flexibility index (Phi) is 5.61. The number of nitrogens with two attached hydrogens (primary N) is 1. The van der Waals surface area contributed by atoms with Gasteiger partial charge in [0.15, 0.2) is 0 Å². The van der Waals surface area contributed by atoms with Crippen molar-refractivity contribution in [1.82, 2.24) is 0 Å². The van der Waals surface area contributed by atoms with E-state index in [1.807, 2.05) is 13.8 Å².